The molecule has 0 unspecified atom stereocenters. The summed E-state index contributed by atoms with van der Waals surface area (Å²) < 4.78 is 0. The number of unbranched alkanes of at least 4 members (excludes halogenated alkanes) is 3. The van der Waals surface area contributed by atoms with Crippen LogP contribution in [0.25, 0.3) is 182 Å². The van der Waals surface area contributed by atoms with Gasteiger partial charge in [-0.2, -0.15) is 15.0 Å². The molecule has 0 spiro atoms. The number of hydrogen-bond donors (Lipinski definition) is 7. The Morgan fingerprint density at radius 1 is 0.200 bits per heavy atom. The van der Waals surface area contributed by atoms with Crippen molar-refractivity contribution in [1.29, 1.82) is 0 Å². The first-order valence-corrected chi connectivity index (χ1v) is 47.8. The predicted molar refractivity (Wildman–Crippen MR) is 572 cm³/mol. The highest BCUT2D eigenvalue weighted by atomic mass is 15.3. The first kappa shape index (κ1) is 89.6. The highest BCUT2D eigenvalue weighted by Crippen LogP contribution is 2.46. The van der Waals surface area contributed by atoms with Crippen LogP contribution in [0.1, 0.15) is 236 Å². The zero-order chi connectivity index (χ0) is 94.2. The maximum absolute atomic E-state index is 5.72. The quantitative estimate of drug-likeness (QED) is 0.0407. The van der Waals surface area contributed by atoms with Gasteiger partial charge < -0.3 is 35.9 Å². The lowest BCUT2D eigenvalue weighted by atomic mass is 9.86. The molecule has 4 aliphatic rings. The van der Waals surface area contributed by atoms with Crippen molar-refractivity contribution in [2.45, 2.75) is 190 Å². The topological polar surface area (TPSA) is 189 Å². The lowest BCUT2D eigenvalue weighted by molar-refractivity contribution is 0.590. The van der Waals surface area contributed by atoms with Crippen LogP contribution in [0.4, 0.5) is 29.2 Å². The van der Waals surface area contributed by atoms with Gasteiger partial charge in [0.2, 0.25) is 17.8 Å². The number of aromatic amines is 4. The number of benzene rings is 8. The third kappa shape index (κ3) is 18.7. The van der Waals surface area contributed by atoms with E-state index in [-0.39, 0.29) is 32.5 Å². The summed E-state index contributed by atoms with van der Waals surface area (Å²) in [5, 5.41) is 10.8. The summed E-state index contributed by atoms with van der Waals surface area (Å²) in [6.45, 7) is 43.6. The smallest absolute Gasteiger partial charge is 0.233 e. The zero-order valence-corrected chi connectivity index (χ0v) is 81.4. The Morgan fingerprint density at radius 2 is 0.378 bits per heavy atom. The lowest BCUT2D eigenvalue weighted by Gasteiger charge is -2.19. The number of nitrogens with zero attached hydrogens (tertiary/aromatic N) is 7. The molecule has 4 aliphatic heterocycles. The molecule has 15 aromatic rings. The summed E-state index contributed by atoms with van der Waals surface area (Å²) in [4.78, 5) is 54.1. The Kier molecular flexibility index (Phi) is 23.5. The number of rotatable bonds is 18. The molecule has 0 fully saturated rings. The molecule has 0 radical (unpaired) electrons. The first-order valence-electron chi connectivity index (χ1n) is 47.8. The number of fused-ring (bicyclic) bond motifs is 16. The van der Waals surface area contributed by atoms with E-state index in [1.165, 1.54) is 33.4 Å². The van der Waals surface area contributed by atoms with Gasteiger partial charge in [-0.15, -0.1) is 0 Å². The van der Waals surface area contributed by atoms with Gasteiger partial charge in [0, 0.05) is 107 Å². The summed E-state index contributed by atoms with van der Waals surface area (Å²) in [6.07, 6.45) is 21.7. The van der Waals surface area contributed by atoms with Crippen LogP contribution in [0.5, 0.6) is 0 Å². The summed E-state index contributed by atoms with van der Waals surface area (Å²) in [5.41, 5.74) is 39.1. The van der Waals surface area contributed by atoms with Crippen molar-refractivity contribution in [3.8, 4) is 89.0 Å². The molecular weight excluding hydrogens is 1650 g/mol. The largest absolute Gasteiger partial charge is 0.354 e. The van der Waals surface area contributed by atoms with E-state index in [2.05, 4.69) is 459 Å². The number of H-pyrrole nitrogens is 4. The van der Waals surface area contributed by atoms with E-state index in [4.69, 9.17) is 34.9 Å². The fraction of sp³-hybridized carbons (Fsp3) is 0.248. The highest BCUT2D eigenvalue weighted by Gasteiger charge is 2.28. The Morgan fingerprint density at radius 3 is 0.556 bits per heavy atom. The van der Waals surface area contributed by atoms with Crippen LogP contribution < -0.4 is 16.0 Å². The fourth-order valence-corrected chi connectivity index (χ4v) is 18.7. The minimum atomic E-state index is -0.0467. The molecule has 19 rings (SSSR count). The Bertz CT molecular complexity index is 7000. The van der Waals surface area contributed by atoms with Crippen molar-refractivity contribution in [3.63, 3.8) is 0 Å². The molecule has 0 aliphatic carbocycles. The van der Waals surface area contributed by atoms with Gasteiger partial charge in [0.1, 0.15) is 0 Å². The Hall–Kier alpha value is -14.6. The second-order valence-electron chi connectivity index (χ2n) is 42.7. The van der Waals surface area contributed by atoms with E-state index in [1.54, 1.807) is 0 Å². The van der Waals surface area contributed by atoms with Gasteiger partial charge in [0.05, 0.1) is 45.6 Å². The molecule has 0 saturated carbocycles. The van der Waals surface area contributed by atoms with Crippen LogP contribution in [0.2, 0.25) is 0 Å². The second-order valence-corrected chi connectivity index (χ2v) is 42.7. The maximum Gasteiger partial charge on any atom is 0.233 e. The third-order valence-electron chi connectivity index (χ3n) is 26.6. The van der Waals surface area contributed by atoms with E-state index in [0.29, 0.717) is 24.4 Å². The second kappa shape index (κ2) is 35.4. The average molecular weight is 1770 g/mol. The Balaban J connectivity index is 0.721. The summed E-state index contributed by atoms with van der Waals surface area (Å²) in [5.74, 6) is 1.20. The van der Waals surface area contributed by atoms with Crippen molar-refractivity contribution in [3.05, 3.63) is 322 Å². The van der Waals surface area contributed by atoms with E-state index in [9.17, 15) is 0 Å². The molecule has 7 aromatic heterocycles. The molecule has 16 bridgehead atoms. The van der Waals surface area contributed by atoms with E-state index >= 15 is 0 Å². The van der Waals surface area contributed by atoms with Gasteiger partial charge in [-0.3, -0.25) is 0 Å². The molecule has 7 N–H and O–H groups in total. The molecule has 14 heteroatoms. The molecule has 0 amide bonds. The molecule has 11 heterocycles. The standard InChI is InChI=1S/C121H122N14/c1-20-21-22-23-72-122-113-133-114(123-87-52-36-79(37-53-87)111-101-68-64-97(129-101)107(75-28-44-83(45-29-75)118(8,9)10)93-60-56-89(125-93)105(73-24-40-81(41-25-73)116(2,3)4)90-57-61-94(126-90)108(98-65-69-102(111)130-98)76-30-46-84(47-31-76)119(11,12)13)135-115(134-113)124-88-54-38-80(39-55-88)112-103-70-66-99(131-103)109(77-32-48-85(49-33-77)120(14,15)16)95-62-58-91(127-95)106(74-26-42-82(43-27-74)117(5,6)7)92-59-63-96(128-92)110(100-67-71-104(112)132-100)78-34-50-86(51-35-78)121(17,18)19/h24-71,125,127,130,132H,20-23,72H2,1-19H3,(H3,122,123,124,133,134,135). The molecule has 0 saturated heterocycles. The van der Waals surface area contributed by atoms with Crippen LogP contribution in [-0.4, -0.2) is 61.4 Å². The van der Waals surface area contributed by atoms with Crippen molar-refractivity contribution in [2.75, 3.05) is 22.5 Å². The minimum Gasteiger partial charge on any atom is -0.354 e. The highest BCUT2D eigenvalue weighted by molar-refractivity contribution is 6.03. The first-order chi connectivity index (χ1) is 64.6. The molecule has 14 nitrogen and oxygen atoms in total. The Labute approximate surface area is 794 Å². The van der Waals surface area contributed by atoms with Crippen molar-refractivity contribution >= 4 is 122 Å². The third-order valence-corrected chi connectivity index (χ3v) is 26.6. The van der Waals surface area contributed by atoms with Crippen molar-refractivity contribution in [2.24, 2.45) is 0 Å². The van der Waals surface area contributed by atoms with Crippen LogP contribution in [0, 0.1) is 0 Å². The zero-order valence-electron chi connectivity index (χ0n) is 81.4. The van der Waals surface area contributed by atoms with Crippen LogP contribution >= 0.6 is 0 Å². The van der Waals surface area contributed by atoms with Crippen LogP contribution in [-0.2, 0) is 32.5 Å². The summed E-state index contributed by atoms with van der Waals surface area (Å²) >= 11 is 0. The molecule has 676 valence electrons. The molecule has 8 aromatic carbocycles. The van der Waals surface area contributed by atoms with Crippen LogP contribution in [0.15, 0.2) is 243 Å². The van der Waals surface area contributed by atoms with Gasteiger partial charge in [-0.05, 0) is 238 Å². The van der Waals surface area contributed by atoms with Crippen molar-refractivity contribution in [1.82, 2.24) is 54.8 Å². The maximum atomic E-state index is 5.72. The van der Waals surface area contributed by atoms with Crippen LogP contribution in [0.3, 0.4) is 0 Å². The minimum absolute atomic E-state index is 0.0263. The summed E-state index contributed by atoms with van der Waals surface area (Å²) in [7, 11) is 0. The van der Waals surface area contributed by atoms with E-state index in [1.807, 2.05) is 0 Å². The SMILES string of the molecule is CCCCCCNc1nc(Nc2ccc(-c3c4nc(c(-c5ccc(C(C)(C)C)cc5)c5ccc([nH]5)c(-c5ccc(C(C)(C)C)cc5)c5nc(c(-c6ccc(C(C)(C)C)cc6)c6ccc3[nH]6)C=C5)C=C4)cc2)nc(Nc2ccc(-c3c4nc(c(-c5ccc(C(C)(C)C)cc5)c5ccc([nH]5)c(-c5ccc(C(C)(C)C)cc5)c5nc(c(-c6ccc(C(C)(C)C)cc6)c6ccc3[nH]6)C=C5)C=C4)cc2)n1. The van der Waals surface area contributed by atoms with Gasteiger partial charge in [0.25, 0.3) is 0 Å². The van der Waals surface area contributed by atoms with Gasteiger partial charge in [-0.25, -0.2) is 19.9 Å². The molecule has 0 atom stereocenters. The molecule has 135 heavy (non-hydrogen) atoms. The van der Waals surface area contributed by atoms with Gasteiger partial charge >= 0.3 is 0 Å². The van der Waals surface area contributed by atoms with Crippen molar-refractivity contribution < 1.29 is 0 Å². The van der Waals surface area contributed by atoms with Gasteiger partial charge in [0.15, 0.2) is 0 Å². The number of nitrogens with one attached hydrogen (secondary N) is 7. The lowest BCUT2D eigenvalue weighted by Crippen LogP contribution is -2.10. The monoisotopic (exact) mass is 1770 g/mol. The summed E-state index contributed by atoms with van der Waals surface area (Å²) in [6, 6.07) is 88.7. The number of anilines is 5. The molecular formula is C121H122N14. The average Bonchev–Trinajstić information content (AvgIpc) is 1.61. The fourth-order valence-electron chi connectivity index (χ4n) is 18.7. The van der Waals surface area contributed by atoms with Gasteiger partial charge in [-0.1, -0.05) is 321 Å². The number of hydrogen-bond acceptors (Lipinski definition) is 10. The normalized spacial score (nSPS) is 12.9. The van der Waals surface area contributed by atoms with E-state index < -0.39 is 0 Å². The number of aromatic nitrogens is 11. The van der Waals surface area contributed by atoms with E-state index in [0.717, 1.165) is 216 Å². The predicted octanol–water partition coefficient (Wildman–Crippen LogP) is 32.4.